The normalized spacial score (nSPS) is 15.6. The summed E-state index contributed by atoms with van der Waals surface area (Å²) in [6, 6.07) is 10.3. The molecule has 31 heavy (non-hydrogen) atoms. The van der Waals surface area contributed by atoms with E-state index in [4.69, 9.17) is 14.6 Å². The number of nitrogens with one attached hydrogen (secondary N) is 1. The predicted octanol–water partition coefficient (Wildman–Crippen LogP) is 4.60. The molecule has 0 atom stereocenters. The van der Waals surface area contributed by atoms with Crippen LogP contribution in [0, 0.1) is 19.7 Å². The Hall–Kier alpha value is -3.26. The molecule has 3 aromatic heterocycles. The molecule has 0 unspecified atom stereocenters. The third-order valence-electron chi connectivity index (χ3n) is 5.98. The molecule has 0 spiro atoms. The summed E-state index contributed by atoms with van der Waals surface area (Å²) in [6.07, 6.45) is 3.94. The third kappa shape index (κ3) is 4.16. The van der Waals surface area contributed by atoms with Crippen LogP contribution in [0.25, 0.3) is 5.65 Å². The summed E-state index contributed by atoms with van der Waals surface area (Å²) >= 11 is 0. The Morgan fingerprint density at radius 1 is 1.13 bits per heavy atom. The molecule has 1 saturated heterocycles. The molecule has 7 nitrogen and oxygen atoms in total. The first kappa shape index (κ1) is 19.7. The maximum absolute atomic E-state index is 13.4. The van der Waals surface area contributed by atoms with Gasteiger partial charge in [-0.25, -0.2) is 13.9 Å². The molecule has 1 aromatic carbocycles. The van der Waals surface area contributed by atoms with Crippen LogP contribution >= 0.6 is 0 Å². The Labute approximate surface area is 179 Å². The van der Waals surface area contributed by atoms with Crippen molar-refractivity contribution in [1.29, 1.82) is 0 Å². The highest BCUT2D eigenvalue weighted by Gasteiger charge is 2.25. The molecule has 0 amide bonds. The first-order chi connectivity index (χ1) is 15.0. The van der Waals surface area contributed by atoms with Gasteiger partial charge in [-0.3, -0.25) is 4.90 Å². The van der Waals surface area contributed by atoms with Crippen molar-refractivity contribution >= 4 is 17.0 Å². The Kier molecular flexibility index (Phi) is 5.15. The summed E-state index contributed by atoms with van der Waals surface area (Å²) < 4.78 is 20.5. The van der Waals surface area contributed by atoms with Crippen LogP contribution in [-0.2, 0) is 6.54 Å². The van der Waals surface area contributed by atoms with Crippen LogP contribution in [0.15, 0.2) is 47.1 Å². The Morgan fingerprint density at radius 2 is 1.97 bits per heavy atom. The van der Waals surface area contributed by atoms with Crippen LogP contribution in [-0.4, -0.2) is 37.7 Å². The van der Waals surface area contributed by atoms with Gasteiger partial charge in [0.15, 0.2) is 11.5 Å². The van der Waals surface area contributed by atoms with Crippen molar-refractivity contribution in [2.24, 2.45) is 0 Å². The molecule has 1 fully saturated rings. The van der Waals surface area contributed by atoms with Gasteiger partial charge < -0.3 is 9.84 Å². The van der Waals surface area contributed by atoms with Crippen LogP contribution in [0.1, 0.15) is 41.6 Å². The fraction of sp³-hybridized carbons (Fsp3) is 0.348. The molecular weight excluding hydrogens is 395 g/mol. The number of likely N-dealkylation sites (tertiary alicyclic amines) is 1. The maximum atomic E-state index is 13.4. The van der Waals surface area contributed by atoms with Gasteiger partial charge in [-0.2, -0.15) is 5.10 Å². The van der Waals surface area contributed by atoms with Gasteiger partial charge in [0, 0.05) is 23.7 Å². The monoisotopic (exact) mass is 420 g/mol. The van der Waals surface area contributed by atoms with Crippen LogP contribution in [0.4, 0.5) is 15.8 Å². The van der Waals surface area contributed by atoms with Crippen LogP contribution in [0.3, 0.4) is 0 Å². The van der Waals surface area contributed by atoms with Gasteiger partial charge in [-0.05, 0) is 70.1 Å². The molecule has 8 heteroatoms. The van der Waals surface area contributed by atoms with Gasteiger partial charge in [0.1, 0.15) is 11.6 Å². The SMILES string of the molecule is Cc1noc(C)c1CN1CCC(c2nc3ccc(Nc4cccc(F)c4)cn3n2)CC1. The lowest BCUT2D eigenvalue weighted by Gasteiger charge is -2.30. The number of nitrogens with zero attached hydrogens (tertiary/aromatic N) is 5. The average molecular weight is 420 g/mol. The summed E-state index contributed by atoms with van der Waals surface area (Å²) in [5.74, 6) is 1.87. The number of hydrogen-bond donors (Lipinski definition) is 1. The van der Waals surface area contributed by atoms with E-state index < -0.39 is 0 Å². The first-order valence-electron chi connectivity index (χ1n) is 10.6. The van der Waals surface area contributed by atoms with E-state index in [1.807, 2.05) is 38.2 Å². The van der Waals surface area contributed by atoms with Crippen molar-refractivity contribution in [3.05, 3.63) is 71.3 Å². The number of pyridine rings is 1. The predicted molar refractivity (Wildman–Crippen MR) is 116 cm³/mol. The van der Waals surface area contributed by atoms with Gasteiger partial charge in [0.25, 0.3) is 0 Å². The minimum Gasteiger partial charge on any atom is -0.361 e. The van der Waals surface area contributed by atoms with Crippen molar-refractivity contribution < 1.29 is 8.91 Å². The minimum absolute atomic E-state index is 0.269. The summed E-state index contributed by atoms with van der Waals surface area (Å²) in [5, 5.41) is 12.0. The molecule has 1 N–H and O–H groups in total. The lowest BCUT2D eigenvalue weighted by Crippen LogP contribution is -2.33. The second kappa shape index (κ2) is 8.11. The zero-order valence-corrected chi connectivity index (χ0v) is 17.7. The maximum Gasteiger partial charge on any atom is 0.155 e. The number of fused-ring (bicyclic) bond motifs is 1. The van der Waals surface area contributed by atoms with Gasteiger partial charge in [-0.1, -0.05) is 11.2 Å². The lowest BCUT2D eigenvalue weighted by atomic mass is 9.96. The zero-order chi connectivity index (χ0) is 21.4. The van der Waals surface area contributed by atoms with Gasteiger partial charge >= 0.3 is 0 Å². The molecule has 0 aliphatic carbocycles. The molecule has 4 aromatic rings. The number of piperidine rings is 1. The number of halogens is 1. The van der Waals surface area contributed by atoms with E-state index >= 15 is 0 Å². The largest absolute Gasteiger partial charge is 0.361 e. The Balaban J connectivity index is 1.26. The molecule has 5 rings (SSSR count). The van der Waals surface area contributed by atoms with Crippen molar-refractivity contribution in [2.75, 3.05) is 18.4 Å². The second-order valence-electron chi connectivity index (χ2n) is 8.18. The second-order valence-corrected chi connectivity index (χ2v) is 8.18. The minimum atomic E-state index is -0.269. The molecule has 0 saturated carbocycles. The number of rotatable bonds is 5. The highest BCUT2D eigenvalue weighted by molar-refractivity contribution is 5.60. The van der Waals surface area contributed by atoms with Gasteiger partial charge in [-0.15, -0.1) is 0 Å². The highest BCUT2D eigenvalue weighted by Crippen LogP contribution is 2.28. The van der Waals surface area contributed by atoms with E-state index in [0.29, 0.717) is 11.6 Å². The molecule has 160 valence electrons. The van der Waals surface area contributed by atoms with Crippen molar-refractivity contribution in [1.82, 2.24) is 24.7 Å². The number of aryl methyl sites for hydroxylation is 2. The number of aromatic nitrogens is 4. The smallest absolute Gasteiger partial charge is 0.155 e. The fourth-order valence-corrected chi connectivity index (χ4v) is 4.18. The summed E-state index contributed by atoms with van der Waals surface area (Å²) in [4.78, 5) is 7.19. The molecule has 4 heterocycles. The standard InChI is InChI=1S/C23H25FN6O/c1-15-21(16(2)31-28-15)14-29-10-8-17(9-11-29)23-26-22-7-6-20(13-30(22)27-23)25-19-5-3-4-18(24)12-19/h3-7,12-13,17,25H,8-11,14H2,1-2H3. The van der Waals surface area contributed by atoms with Gasteiger partial charge in [0.05, 0.1) is 17.6 Å². The molecule has 1 aliphatic heterocycles. The molecule has 0 bridgehead atoms. The number of hydrogen-bond acceptors (Lipinski definition) is 6. The quantitative estimate of drug-likeness (QED) is 0.509. The molecule has 0 radical (unpaired) electrons. The van der Waals surface area contributed by atoms with Crippen molar-refractivity contribution in [3.63, 3.8) is 0 Å². The van der Waals surface area contributed by atoms with E-state index in [1.54, 1.807) is 10.6 Å². The van der Waals surface area contributed by atoms with Crippen molar-refractivity contribution in [2.45, 2.75) is 39.2 Å². The molecule has 1 aliphatic rings. The average Bonchev–Trinajstić information content (AvgIpc) is 3.32. The zero-order valence-electron chi connectivity index (χ0n) is 17.7. The third-order valence-corrected chi connectivity index (χ3v) is 5.98. The summed E-state index contributed by atoms with van der Waals surface area (Å²) in [5.41, 5.74) is 4.53. The number of benzene rings is 1. The first-order valence-corrected chi connectivity index (χ1v) is 10.6. The van der Waals surface area contributed by atoms with Crippen LogP contribution in [0.5, 0.6) is 0 Å². The topological polar surface area (TPSA) is 71.5 Å². The van der Waals surface area contributed by atoms with Crippen molar-refractivity contribution in [3.8, 4) is 0 Å². The van der Waals surface area contributed by atoms with Gasteiger partial charge in [0.2, 0.25) is 0 Å². The lowest BCUT2D eigenvalue weighted by molar-refractivity contribution is 0.200. The van der Waals surface area contributed by atoms with E-state index in [1.165, 1.54) is 17.7 Å². The molecular formula is C23H25FN6O. The summed E-state index contributed by atoms with van der Waals surface area (Å²) in [6.45, 7) is 6.84. The number of anilines is 2. The Bertz CT molecular complexity index is 1190. The van der Waals surface area contributed by atoms with E-state index in [0.717, 1.165) is 61.1 Å². The van der Waals surface area contributed by atoms with E-state index in [-0.39, 0.29) is 5.82 Å². The summed E-state index contributed by atoms with van der Waals surface area (Å²) in [7, 11) is 0. The van der Waals surface area contributed by atoms with E-state index in [9.17, 15) is 4.39 Å². The Morgan fingerprint density at radius 3 is 2.71 bits per heavy atom. The van der Waals surface area contributed by atoms with E-state index in [2.05, 4.69) is 15.4 Å². The van der Waals surface area contributed by atoms with Crippen LogP contribution < -0.4 is 5.32 Å². The highest BCUT2D eigenvalue weighted by atomic mass is 19.1. The van der Waals surface area contributed by atoms with Crippen LogP contribution in [0.2, 0.25) is 0 Å². The fourth-order valence-electron chi connectivity index (χ4n) is 4.18.